The van der Waals surface area contributed by atoms with Gasteiger partial charge in [0, 0.05) is 10.5 Å². The van der Waals surface area contributed by atoms with Crippen molar-refractivity contribution in [2.45, 2.75) is 65.3 Å². The molecule has 144 valence electrons. The van der Waals surface area contributed by atoms with Gasteiger partial charge in [0.1, 0.15) is 12.4 Å². The van der Waals surface area contributed by atoms with Crippen LogP contribution in [-0.4, -0.2) is 18.3 Å². The van der Waals surface area contributed by atoms with E-state index in [9.17, 15) is 0 Å². The lowest BCUT2D eigenvalue weighted by atomic mass is 9.79. The van der Waals surface area contributed by atoms with Gasteiger partial charge in [-0.3, -0.25) is 0 Å². The minimum atomic E-state index is -0.472. The van der Waals surface area contributed by atoms with Crippen molar-refractivity contribution in [3.05, 3.63) is 58.6 Å². The van der Waals surface area contributed by atoms with Crippen LogP contribution in [0.25, 0.3) is 0 Å². The molecule has 3 nitrogen and oxygen atoms in total. The molecule has 2 aromatic rings. The Labute approximate surface area is 168 Å². The van der Waals surface area contributed by atoms with Crippen molar-refractivity contribution in [1.82, 2.24) is 0 Å². The van der Waals surface area contributed by atoms with Crippen LogP contribution in [0.4, 0.5) is 0 Å². The summed E-state index contributed by atoms with van der Waals surface area (Å²) in [6, 6.07) is 14.2. The second kappa shape index (κ2) is 7.50. The molecule has 1 heterocycles. The Balaban J connectivity index is 1.67. The highest BCUT2D eigenvalue weighted by Crippen LogP contribution is 2.37. The fourth-order valence-corrected chi connectivity index (χ4v) is 3.18. The van der Waals surface area contributed by atoms with Crippen molar-refractivity contribution in [2.75, 3.05) is 0 Å². The van der Waals surface area contributed by atoms with Crippen molar-refractivity contribution in [3.63, 3.8) is 0 Å². The molecule has 0 aliphatic carbocycles. The molecule has 1 aliphatic heterocycles. The number of halogens is 1. The Bertz CT molecular complexity index is 784. The first-order valence-corrected chi connectivity index (χ1v) is 9.83. The average molecular weight is 387 g/mol. The van der Waals surface area contributed by atoms with E-state index in [2.05, 4.69) is 38.1 Å². The molecule has 5 heteroatoms. The first-order chi connectivity index (χ1) is 12.6. The zero-order valence-corrected chi connectivity index (χ0v) is 17.8. The summed E-state index contributed by atoms with van der Waals surface area (Å²) >= 11 is 6.49. The highest BCUT2D eigenvalue weighted by atomic mass is 35.5. The maximum Gasteiger partial charge on any atom is 0.496 e. The molecular formula is C22H28BClO3. The highest BCUT2D eigenvalue weighted by Gasteiger charge is 2.52. The summed E-state index contributed by atoms with van der Waals surface area (Å²) in [5.74, 6) is 1.26. The zero-order valence-electron chi connectivity index (χ0n) is 17.0. The predicted octanol–water partition coefficient (Wildman–Crippen LogP) is 5.34. The van der Waals surface area contributed by atoms with E-state index in [4.69, 9.17) is 25.6 Å². The lowest BCUT2D eigenvalue weighted by molar-refractivity contribution is 0.00578. The molecule has 0 spiro atoms. The molecule has 1 saturated heterocycles. The molecule has 0 atom stereocenters. The van der Waals surface area contributed by atoms with Crippen LogP contribution in [0.1, 0.15) is 58.6 Å². The summed E-state index contributed by atoms with van der Waals surface area (Å²) in [5, 5.41) is 0.584. The van der Waals surface area contributed by atoms with E-state index in [0.29, 0.717) is 17.5 Å². The van der Waals surface area contributed by atoms with Crippen molar-refractivity contribution in [3.8, 4) is 5.75 Å². The number of benzene rings is 2. The van der Waals surface area contributed by atoms with Crippen molar-refractivity contribution >= 4 is 24.2 Å². The van der Waals surface area contributed by atoms with Crippen LogP contribution in [-0.2, 0) is 15.9 Å². The molecule has 0 bridgehead atoms. The van der Waals surface area contributed by atoms with E-state index in [-0.39, 0.29) is 0 Å². The minimum Gasteiger partial charge on any atom is -0.489 e. The molecule has 0 aromatic heterocycles. The molecule has 0 radical (unpaired) electrons. The topological polar surface area (TPSA) is 27.7 Å². The van der Waals surface area contributed by atoms with E-state index in [1.807, 2.05) is 45.9 Å². The standard InChI is InChI=1S/C22H28BClO3/c1-15(2)17-9-7-16(8-10-17)14-25-18-11-12-19(20(24)13-18)23-26-21(3,4)22(5,6)27-23/h7-13,15H,14H2,1-6H3. The fourth-order valence-electron chi connectivity index (χ4n) is 2.92. The summed E-state index contributed by atoms with van der Waals surface area (Å²) in [6.45, 7) is 13.0. The molecule has 27 heavy (non-hydrogen) atoms. The van der Waals surface area contributed by atoms with Crippen LogP contribution in [0, 0.1) is 0 Å². The quantitative estimate of drug-likeness (QED) is 0.649. The molecule has 1 fully saturated rings. The van der Waals surface area contributed by atoms with Crippen LogP contribution in [0.15, 0.2) is 42.5 Å². The fraction of sp³-hybridized carbons (Fsp3) is 0.455. The first-order valence-electron chi connectivity index (χ1n) is 9.46. The van der Waals surface area contributed by atoms with Gasteiger partial charge in [-0.25, -0.2) is 0 Å². The second-order valence-electron chi connectivity index (χ2n) is 8.46. The number of hydrogen-bond acceptors (Lipinski definition) is 3. The highest BCUT2D eigenvalue weighted by molar-refractivity contribution is 6.65. The number of hydrogen-bond donors (Lipinski definition) is 0. The van der Waals surface area contributed by atoms with Gasteiger partial charge in [-0.1, -0.05) is 55.8 Å². The van der Waals surface area contributed by atoms with Crippen molar-refractivity contribution in [2.24, 2.45) is 0 Å². The van der Waals surface area contributed by atoms with E-state index >= 15 is 0 Å². The third-order valence-corrected chi connectivity index (χ3v) is 5.86. The molecule has 0 N–H and O–H groups in total. The van der Waals surface area contributed by atoms with E-state index in [0.717, 1.165) is 16.8 Å². The van der Waals surface area contributed by atoms with Gasteiger partial charge in [0.2, 0.25) is 0 Å². The van der Waals surface area contributed by atoms with E-state index < -0.39 is 18.3 Å². The first kappa shape index (κ1) is 20.3. The molecule has 0 amide bonds. The van der Waals surface area contributed by atoms with Crippen molar-refractivity contribution in [1.29, 1.82) is 0 Å². The monoisotopic (exact) mass is 386 g/mol. The summed E-state index contributed by atoms with van der Waals surface area (Å²) in [6.07, 6.45) is 0. The van der Waals surface area contributed by atoms with Gasteiger partial charge in [0.15, 0.2) is 0 Å². The summed E-state index contributed by atoms with van der Waals surface area (Å²) in [5.41, 5.74) is 2.50. The molecular weight excluding hydrogens is 359 g/mol. The Morgan fingerprint density at radius 3 is 2.07 bits per heavy atom. The van der Waals surface area contributed by atoms with Crippen LogP contribution < -0.4 is 10.2 Å². The Kier molecular flexibility index (Phi) is 5.63. The molecule has 1 aliphatic rings. The third-order valence-electron chi connectivity index (χ3n) is 5.53. The second-order valence-corrected chi connectivity index (χ2v) is 8.86. The van der Waals surface area contributed by atoms with E-state index in [1.54, 1.807) is 0 Å². The van der Waals surface area contributed by atoms with Gasteiger partial charge in [-0.05, 0) is 56.9 Å². The largest absolute Gasteiger partial charge is 0.496 e. The van der Waals surface area contributed by atoms with Gasteiger partial charge in [-0.2, -0.15) is 0 Å². The van der Waals surface area contributed by atoms with Crippen LogP contribution in [0.5, 0.6) is 5.75 Å². The molecule has 3 rings (SSSR count). The lowest BCUT2D eigenvalue weighted by Gasteiger charge is -2.32. The SMILES string of the molecule is CC(C)c1ccc(COc2ccc(B3OC(C)(C)C(C)(C)O3)c(Cl)c2)cc1. The Hall–Kier alpha value is -1.49. The molecule has 0 unspecified atom stereocenters. The Morgan fingerprint density at radius 2 is 1.56 bits per heavy atom. The van der Waals surface area contributed by atoms with Gasteiger partial charge in [0.25, 0.3) is 0 Å². The Morgan fingerprint density at radius 1 is 0.963 bits per heavy atom. The smallest absolute Gasteiger partial charge is 0.489 e. The summed E-state index contributed by atoms with van der Waals surface area (Å²) < 4.78 is 18.1. The van der Waals surface area contributed by atoms with Crippen LogP contribution in [0.3, 0.4) is 0 Å². The van der Waals surface area contributed by atoms with Crippen LogP contribution in [0.2, 0.25) is 5.02 Å². The maximum absolute atomic E-state index is 6.49. The maximum atomic E-state index is 6.49. The minimum absolute atomic E-state index is 0.391. The van der Waals surface area contributed by atoms with Gasteiger partial charge in [-0.15, -0.1) is 0 Å². The number of rotatable bonds is 5. The lowest BCUT2D eigenvalue weighted by Crippen LogP contribution is -2.41. The zero-order chi connectivity index (χ0) is 19.8. The van der Waals surface area contributed by atoms with Gasteiger partial charge < -0.3 is 14.0 Å². The average Bonchev–Trinajstić information content (AvgIpc) is 2.81. The van der Waals surface area contributed by atoms with Gasteiger partial charge >= 0.3 is 7.12 Å². The van der Waals surface area contributed by atoms with Gasteiger partial charge in [0.05, 0.1) is 11.2 Å². The molecule has 0 saturated carbocycles. The normalized spacial score (nSPS) is 18.1. The molecule has 2 aromatic carbocycles. The van der Waals surface area contributed by atoms with E-state index in [1.165, 1.54) is 5.56 Å². The van der Waals surface area contributed by atoms with Crippen molar-refractivity contribution < 1.29 is 14.0 Å². The summed E-state index contributed by atoms with van der Waals surface area (Å²) in [7, 11) is -0.472. The van der Waals surface area contributed by atoms with Crippen LogP contribution >= 0.6 is 11.6 Å². The number of ether oxygens (including phenoxy) is 1. The predicted molar refractivity (Wildman–Crippen MR) is 112 cm³/mol. The summed E-state index contributed by atoms with van der Waals surface area (Å²) in [4.78, 5) is 0. The third kappa shape index (κ3) is 4.34.